The first-order valence-electron chi connectivity index (χ1n) is 4.62. The number of benzene rings is 1. The Balaban J connectivity index is 2.30. The lowest BCUT2D eigenvalue weighted by Crippen LogP contribution is -1.86. The standard InChI is InChI=1S/C12H12O/c13-9-8-12(11-6-7-11)10-4-2-1-3-5-10/h1-5,8-9,11H,6-7H2/b12-8+. The maximum atomic E-state index is 10.4. The molecule has 1 saturated carbocycles. The number of hydrogen-bond donors (Lipinski definition) is 0. The summed E-state index contributed by atoms with van der Waals surface area (Å²) in [4.78, 5) is 10.4. The van der Waals surface area contributed by atoms with Crippen LogP contribution in [0.2, 0.25) is 0 Å². The molecular weight excluding hydrogens is 160 g/mol. The fourth-order valence-electron chi connectivity index (χ4n) is 1.57. The third-order valence-electron chi connectivity index (χ3n) is 2.37. The third-order valence-corrected chi connectivity index (χ3v) is 2.37. The molecule has 0 heterocycles. The van der Waals surface area contributed by atoms with Gasteiger partial charge in [-0.1, -0.05) is 30.3 Å². The molecule has 0 saturated heterocycles. The number of carbonyl (C=O) groups is 1. The van der Waals surface area contributed by atoms with Crippen molar-refractivity contribution in [3.8, 4) is 0 Å². The summed E-state index contributed by atoms with van der Waals surface area (Å²) in [6.45, 7) is 0. The van der Waals surface area contributed by atoms with Gasteiger partial charge in [-0.05, 0) is 36.0 Å². The molecule has 0 atom stereocenters. The van der Waals surface area contributed by atoms with Crippen molar-refractivity contribution in [2.75, 3.05) is 0 Å². The van der Waals surface area contributed by atoms with Crippen LogP contribution in [0.5, 0.6) is 0 Å². The van der Waals surface area contributed by atoms with Gasteiger partial charge in [0.15, 0.2) is 0 Å². The molecule has 2 rings (SSSR count). The molecule has 0 aliphatic heterocycles. The average Bonchev–Trinajstić information content (AvgIpc) is 2.99. The summed E-state index contributed by atoms with van der Waals surface area (Å²) in [7, 11) is 0. The van der Waals surface area contributed by atoms with Gasteiger partial charge >= 0.3 is 0 Å². The molecule has 0 spiro atoms. The van der Waals surface area contributed by atoms with Crippen LogP contribution in [0.25, 0.3) is 5.57 Å². The molecule has 0 unspecified atom stereocenters. The van der Waals surface area contributed by atoms with Gasteiger partial charge in [0.2, 0.25) is 0 Å². The maximum absolute atomic E-state index is 10.4. The van der Waals surface area contributed by atoms with Gasteiger partial charge < -0.3 is 0 Å². The van der Waals surface area contributed by atoms with Crippen LogP contribution >= 0.6 is 0 Å². The molecule has 13 heavy (non-hydrogen) atoms. The van der Waals surface area contributed by atoms with Gasteiger partial charge in [0.25, 0.3) is 0 Å². The minimum atomic E-state index is 0.632. The van der Waals surface area contributed by atoms with Crippen LogP contribution in [0.3, 0.4) is 0 Å². The Morgan fingerprint density at radius 2 is 1.92 bits per heavy atom. The highest BCUT2D eigenvalue weighted by Crippen LogP contribution is 2.41. The zero-order valence-corrected chi connectivity index (χ0v) is 7.44. The Morgan fingerprint density at radius 3 is 2.46 bits per heavy atom. The number of rotatable bonds is 3. The summed E-state index contributed by atoms with van der Waals surface area (Å²) in [5, 5.41) is 0. The number of aldehydes is 1. The molecule has 1 aliphatic carbocycles. The first-order chi connectivity index (χ1) is 6.42. The summed E-state index contributed by atoms with van der Waals surface area (Å²) >= 11 is 0. The van der Waals surface area contributed by atoms with Crippen LogP contribution in [0.1, 0.15) is 18.4 Å². The van der Waals surface area contributed by atoms with Crippen molar-refractivity contribution < 1.29 is 4.79 Å². The van der Waals surface area contributed by atoms with Gasteiger partial charge in [-0.3, -0.25) is 4.79 Å². The molecule has 1 heteroatoms. The number of hydrogen-bond acceptors (Lipinski definition) is 1. The van der Waals surface area contributed by atoms with E-state index in [9.17, 15) is 4.79 Å². The van der Waals surface area contributed by atoms with Gasteiger partial charge in [0.1, 0.15) is 6.29 Å². The van der Waals surface area contributed by atoms with E-state index in [-0.39, 0.29) is 0 Å². The molecule has 1 aromatic rings. The van der Waals surface area contributed by atoms with Crippen molar-refractivity contribution in [1.82, 2.24) is 0 Å². The number of allylic oxidation sites excluding steroid dienone is 2. The topological polar surface area (TPSA) is 17.1 Å². The van der Waals surface area contributed by atoms with Gasteiger partial charge in [-0.2, -0.15) is 0 Å². The Kier molecular flexibility index (Phi) is 2.26. The second kappa shape index (κ2) is 3.56. The average molecular weight is 172 g/mol. The van der Waals surface area contributed by atoms with E-state index in [0.29, 0.717) is 5.92 Å². The minimum Gasteiger partial charge on any atom is -0.299 e. The molecule has 0 radical (unpaired) electrons. The van der Waals surface area contributed by atoms with Crippen molar-refractivity contribution in [2.24, 2.45) is 5.92 Å². The van der Waals surface area contributed by atoms with Crippen molar-refractivity contribution in [1.29, 1.82) is 0 Å². The molecule has 0 amide bonds. The highest BCUT2D eigenvalue weighted by molar-refractivity contribution is 5.83. The highest BCUT2D eigenvalue weighted by Gasteiger charge is 2.26. The summed E-state index contributed by atoms with van der Waals surface area (Å²) in [5.74, 6) is 0.632. The van der Waals surface area contributed by atoms with Gasteiger partial charge in [-0.25, -0.2) is 0 Å². The lowest BCUT2D eigenvalue weighted by atomic mass is 10.0. The monoisotopic (exact) mass is 172 g/mol. The van der Waals surface area contributed by atoms with Crippen LogP contribution in [0.4, 0.5) is 0 Å². The Hall–Kier alpha value is -1.37. The summed E-state index contributed by atoms with van der Waals surface area (Å²) in [5.41, 5.74) is 2.40. The van der Waals surface area contributed by atoms with Gasteiger partial charge in [-0.15, -0.1) is 0 Å². The van der Waals surface area contributed by atoms with Crippen LogP contribution in [0.15, 0.2) is 36.4 Å². The molecule has 1 fully saturated rings. The smallest absolute Gasteiger partial charge is 0.143 e. The van der Waals surface area contributed by atoms with E-state index in [1.165, 1.54) is 24.0 Å². The minimum absolute atomic E-state index is 0.632. The molecular formula is C12H12O. The van der Waals surface area contributed by atoms with E-state index in [1.54, 1.807) is 6.08 Å². The maximum Gasteiger partial charge on any atom is 0.143 e. The first kappa shape index (κ1) is 8.24. The van der Waals surface area contributed by atoms with E-state index in [1.807, 2.05) is 18.2 Å². The summed E-state index contributed by atoms with van der Waals surface area (Å²) in [6.07, 6.45) is 5.05. The van der Waals surface area contributed by atoms with Crippen LogP contribution in [0, 0.1) is 5.92 Å². The molecule has 0 N–H and O–H groups in total. The van der Waals surface area contributed by atoms with Crippen molar-refractivity contribution >= 4 is 11.9 Å². The fourth-order valence-corrected chi connectivity index (χ4v) is 1.57. The molecule has 66 valence electrons. The molecule has 1 aliphatic rings. The molecule has 1 nitrogen and oxygen atoms in total. The predicted molar refractivity (Wildman–Crippen MR) is 53.2 cm³/mol. The predicted octanol–water partition coefficient (Wildman–Crippen LogP) is 2.68. The third kappa shape index (κ3) is 1.86. The zero-order chi connectivity index (χ0) is 9.10. The zero-order valence-electron chi connectivity index (χ0n) is 7.44. The summed E-state index contributed by atoms with van der Waals surface area (Å²) < 4.78 is 0. The highest BCUT2D eigenvalue weighted by atomic mass is 16.1. The lowest BCUT2D eigenvalue weighted by Gasteiger charge is -2.03. The molecule has 0 aromatic heterocycles. The van der Waals surface area contributed by atoms with Crippen molar-refractivity contribution in [3.05, 3.63) is 42.0 Å². The lowest BCUT2D eigenvalue weighted by molar-refractivity contribution is -0.104. The molecule has 0 bridgehead atoms. The summed E-state index contributed by atoms with van der Waals surface area (Å²) in [6, 6.07) is 10.1. The molecule has 1 aromatic carbocycles. The van der Waals surface area contributed by atoms with E-state index in [2.05, 4.69) is 12.1 Å². The van der Waals surface area contributed by atoms with E-state index in [0.717, 1.165) is 6.29 Å². The van der Waals surface area contributed by atoms with Gasteiger partial charge in [0, 0.05) is 0 Å². The van der Waals surface area contributed by atoms with Crippen molar-refractivity contribution in [2.45, 2.75) is 12.8 Å². The Morgan fingerprint density at radius 1 is 1.23 bits per heavy atom. The van der Waals surface area contributed by atoms with Crippen LogP contribution < -0.4 is 0 Å². The van der Waals surface area contributed by atoms with Crippen LogP contribution in [-0.2, 0) is 4.79 Å². The second-order valence-electron chi connectivity index (χ2n) is 3.40. The Bertz CT molecular complexity index is 320. The fraction of sp³-hybridized carbons (Fsp3) is 0.250. The number of carbonyl (C=O) groups excluding carboxylic acids is 1. The second-order valence-corrected chi connectivity index (χ2v) is 3.40. The van der Waals surface area contributed by atoms with E-state index < -0.39 is 0 Å². The van der Waals surface area contributed by atoms with Crippen molar-refractivity contribution in [3.63, 3.8) is 0 Å². The Labute approximate surface area is 78.1 Å². The normalized spacial score (nSPS) is 17.1. The van der Waals surface area contributed by atoms with Crippen LogP contribution in [-0.4, -0.2) is 6.29 Å². The SMILES string of the molecule is O=C/C=C(\c1ccccc1)C1CC1. The van der Waals surface area contributed by atoms with Gasteiger partial charge in [0.05, 0.1) is 0 Å². The van der Waals surface area contributed by atoms with E-state index in [4.69, 9.17) is 0 Å². The quantitative estimate of drug-likeness (QED) is 0.506. The first-order valence-corrected chi connectivity index (χ1v) is 4.62. The van der Waals surface area contributed by atoms with E-state index >= 15 is 0 Å². The largest absolute Gasteiger partial charge is 0.299 e.